The number of rotatable bonds is 4. The summed E-state index contributed by atoms with van der Waals surface area (Å²) in [6, 6.07) is 7.37. The summed E-state index contributed by atoms with van der Waals surface area (Å²) < 4.78 is 9.03. The fourth-order valence-corrected chi connectivity index (χ4v) is 2.45. The van der Waals surface area contributed by atoms with Crippen LogP contribution in [0.3, 0.4) is 0 Å². The first-order valence-electron chi connectivity index (χ1n) is 6.83. The average molecular weight is 318 g/mol. The molecule has 0 saturated heterocycles. The molecule has 0 N–H and O–H groups in total. The normalized spacial score (nSPS) is 10.9. The number of benzene rings is 1. The number of ether oxygens (including phenoxy) is 1. The van der Waals surface area contributed by atoms with Crippen molar-refractivity contribution in [2.75, 3.05) is 7.11 Å². The van der Waals surface area contributed by atoms with Crippen molar-refractivity contribution in [1.29, 1.82) is 0 Å². The molecule has 0 amide bonds. The lowest BCUT2D eigenvalue weighted by Crippen LogP contribution is -2.11. The second kappa shape index (κ2) is 5.81. The van der Waals surface area contributed by atoms with Crippen LogP contribution in [-0.2, 0) is 6.54 Å². The lowest BCUT2D eigenvalue weighted by molar-refractivity contribution is 0.411. The Bertz CT molecular complexity index is 808. The molecule has 0 aliphatic rings. The van der Waals surface area contributed by atoms with Crippen molar-refractivity contribution in [1.82, 2.24) is 24.5 Å². The Morgan fingerprint density at radius 3 is 2.73 bits per heavy atom. The molecule has 0 saturated carbocycles. The Balaban J connectivity index is 2.08. The summed E-state index contributed by atoms with van der Waals surface area (Å²) in [4.78, 5) is 4.50. The summed E-state index contributed by atoms with van der Waals surface area (Å²) in [6.45, 7) is 4.38. The molecule has 6 nitrogen and oxygen atoms in total. The van der Waals surface area contributed by atoms with E-state index in [-0.39, 0.29) is 0 Å². The van der Waals surface area contributed by atoms with Crippen LogP contribution in [0.15, 0.2) is 30.5 Å². The molecule has 3 aromatic rings. The Morgan fingerprint density at radius 1 is 1.23 bits per heavy atom. The SMILES string of the molecule is COc1ccc(Cl)cc1-n1nc(C)nc1Cn1nccc1C. The van der Waals surface area contributed by atoms with Crippen molar-refractivity contribution in [2.45, 2.75) is 20.4 Å². The first-order valence-corrected chi connectivity index (χ1v) is 7.21. The van der Waals surface area contributed by atoms with E-state index in [1.165, 1.54) is 0 Å². The molecule has 0 aliphatic carbocycles. The van der Waals surface area contributed by atoms with E-state index in [0.29, 0.717) is 23.1 Å². The van der Waals surface area contributed by atoms with Gasteiger partial charge in [0, 0.05) is 16.9 Å². The highest BCUT2D eigenvalue weighted by Gasteiger charge is 2.15. The number of aromatic nitrogens is 5. The lowest BCUT2D eigenvalue weighted by atomic mass is 10.3. The molecule has 0 atom stereocenters. The lowest BCUT2D eigenvalue weighted by Gasteiger charge is -2.11. The van der Waals surface area contributed by atoms with Gasteiger partial charge >= 0.3 is 0 Å². The van der Waals surface area contributed by atoms with Crippen LogP contribution in [0.2, 0.25) is 5.02 Å². The summed E-state index contributed by atoms with van der Waals surface area (Å²) in [5.74, 6) is 2.14. The third-order valence-electron chi connectivity index (χ3n) is 3.37. The van der Waals surface area contributed by atoms with Crippen LogP contribution in [0.1, 0.15) is 17.3 Å². The Morgan fingerprint density at radius 2 is 2.05 bits per heavy atom. The fraction of sp³-hybridized carbons (Fsp3) is 0.267. The standard InChI is InChI=1S/C15H16ClN5O/c1-10-6-7-17-20(10)9-15-18-11(2)19-21(15)13-8-12(16)4-5-14(13)22-3/h4-8H,9H2,1-3H3. The Labute approximate surface area is 133 Å². The number of methoxy groups -OCH3 is 1. The summed E-state index contributed by atoms with van der Waals surface area (Å²) in [5.41, 5.74) is 1.82. The van der Waals surface area contributed by atoms with Gasteiger partial charge in [0.15, 0.2) is 5.82 Å². The maximum atomic E-state index is 6.12. The van der Waals surface area contributed by atoms with Gasteiger partial charge in [0.25, 0.3) is 0 Å². The van der Waals surface area contributed by atoms with E-state index >= 15 is 0 Å². The molecular weight excluding hydrogens is 302 g/mol. The van der Waals surface area contributed by atoms with Gasteiger partial charge < -0.3 is 4.74 Å². The molecular formula is C15H16ClN5O. The summed E-state index contributed by atoms with van der Waals surface area (Å²) >= 11 is 6.12. The van der Waals surface area contributed by atoms with Gasteiger partial charge in [-0.1, -0.05) is 11.6 Å². The first-order chi connectivity index (χ1) is 10.6. The molecule has 7 heteroatoms. The smallest absolute Gasteiger partial charge is 0.154 e. The largest absolute Gasteiger partial charge is 0.494 e. The van der Waals surface area contributed by atoms with Crippen LogP contribution in [0, 0.1) is 13.8 Å². The molecule has 2 aromatic heterocycles. The highest BCUT2D eigenvalue weighted by Crippen LogP contribution is 2.27. The van der Waals surface area contributed by atoms with Gasteiger partial charge in [-0.05, 0) is 38.1 Å². The van der Waals surface area contributed by atoms with Gasteiger partial charge in [0.2, 0.25) is 0 Å². The van der Waals surface area contributed by atoms with Crippen molar-refractivity contribution < 1.29 is 4.74 Å². The minimum Gasteiger partial charge on any atom is -0.494 e. The van der Waals surface area contributed by atoms with E-state index in [2.05, 4.69) is 15.2 Å². The molecule has 1 aromatic carbocycles. The molecule has 114 valence electrons. The van der Waals surface area contributed by atoms with E-state index in [1.54, 1.807) is 24.1 Å². The Hall–Kier alpha value is -2.34. The minimum absolute atomic E-state index is 0.523. The maximum Gasteiger partial charge on any atom is 0.154 e. The predicted octanol–water partition coefficient (Wildman–Crippen LogP) is 2.79. The number of halogens is 1. The Kier molecular flexibility index (Phi) is 3.85. The van der Waals surface area contributed by atoms with E-state index in [4.69, 9.17) is 16.3 Å². The zero-order valence-electron chi connectivity index (χ0n) is 12.6. The van der Waals surface area contributed by atoms with Crippen molar-refractivity contribution in [3.8, 4) is 11.4 Å². The van der Waals surface area contributed by atoms with Crippen molar-refractivity contribution in [3.05, 3.63) is 52.8 Å². The highest BCUT2D eigenvalue weighted by atomic mass is 35.5. The molecule has 0 bridgehead atoms. The molecule has 0 radical (unpaired) electrons. The molecule has 0 fully saturated rings. The van der Waals surface area contributed by atoms with Crippen LogP contribution in [0.4, 0.5) is 0 Å². The number of hydrogen-bond acceptors (Lipinski definition) is 4. The molecule has 0 spiro atoms. The van der Waals surface area contributed by atoms with Gasteiger partial charge in [-0.2, -0.15) is 10.2 Å². The van der Waals surface area contributed by atoms with E-state index in [0.717, 1.165) is 17.2 Å². The highest BCUT2D eigenvalue weighted by molar-refractivity contribution is 6.30. The van der Waals surface area contributed by atoms with Crippen LogP contribution < -0.4 is 4.74 Å². The van der Waals surface area contributed by atoms with Crippen LogP contribution in [0.25, 0.3) is 5.69 Å². The van der Waals surface area contributed by atoms with Crippen molar-refractivity contribution in [2.24, 2.45) is 0 Å². The van der Waals surface area contributed by atoms with Crippen LogP contribution in [0.5, 0.6) is 5.75 Å². The number of aryl methyl sites for hydroxylation is 2. The summed E-state index contributed by atoms with van der Waals surface area (Å²) in [6.07, 6.45) is 1.77. The second-order valence-electron chi connectivity index (χ2n) is 4.93. The molecule has 0 aliphatic heterocycles. The maximum absolute atomic E-state index is 6.12. The monoisotopic (exact) mass is 317 g/mol. The van der Waals surface area contributed by atoms with Gasteiger partial charge in [-0.25, -0.2) is 9.67 Å². The second-order valence-corrected chi connectivity index (χ2v) is 5.37. The van der Waals surface area contributed by atoms with E-state index < -0.39 is 0 Å². The predicted molar refractivity (Wildman–Crippen MR) is 83.7 cm³/mol. The van der Waals surface area contributed by atoms with Crippen LogP contribution >= 0.6 is 11.6 Å². The van der Waals surface area contributed by atoms with Gasteiger partial charge in [-0.15, -0.1) is 0 Å². The zero-order valence-corrected chi connectivity index (χ0v) is 13.4. The van der Waals surface area contributed by atoms with Gasteiger partial charge in [0.1, 0.15) is 23.8 Å². The topological polar surface area (TPSA) is 57.8 Å². The third-order valence-corrected chi connectivity index (χ3v) is 3.60. The minimum atomic E-state index is 0.523. The third kappa shape index (κ3) is 2.69. The van der Waals surface area contributed by atoms with Crippen LogP contribution in [-0.4, -0.2) is 31.7 Å². The summed E-state index contributed by atoms with van der Waals surface area (Å²) in [5, 5.41) is 9.38. The quantitative estimate of drug-likeness (QED) is 0.742. The molecule has 0 unspecified atom stereocenters. The number of hydrogen-bond donors (Lipinski definition) is 0. The molecule has 2 heterocycles. The molecule has 22 heavy (non-hydrogen) atoms. The van der Waals surface area contributed by atoms with E-state index in [1.807, 2.05) is 36.7 Å². The average Bonchev–Trinajstić information content (AvgIpc) is 3.06. The van der Waals surface area contributed by atoms with Gasteiger partial charge in [-0.3, -0.25) is 4.68 Å². The molecule has 3 rings (SSSR count). The fourth-order valence-electron chi connectivity index (χ4n) is 2.28. The van der Waals surface area contributed by atoms with Gasteiger partial charge in [0.05, 0.1) is 7.11 Å². The zero-order chi connectivity index (χ0) is 15.7. The van der Waals surface area contributed by atoms with Crippen molar-refractivity contribution in [3.63, 3.8) is 0 Å². The summed E-state index contributed by atoms with van der Waals surface area (Å²) in [7, 11) is 1.62. The van der Waals surface area contributed by atoms with E-state index in [9.17, 15) is 0 Å². The van der Waals surface area contributed by atoms with Crippen molar-refractivity contribution >= 4 is 11.6 Å². The number of nitrogens with zero attached hydrogens (tertiary/aromatic N) is 5. The first kappa shape index (κ1) is 14.6.